The summed E-state index contributed by atoms with van der Waals surface area (Å²) in [6, 6.07) is 5.82. The van der Waals surface area contributed by atoms with Gasteiger partial charge in [-0.05, 0) is 24.6 Å². The lowest BCUT2D eigenvalue weighted by molar-refractivity contribution is 0.0950. The molecule has 0 spiro atoms. The summed E-state index contributed by atoms with van der Waals surface area (Å²) >= 11 is 0. The SMILES string of the molecule is C.CNC(=O)c1c(O)c2ncc(Cc3ccc(F)cc3)c3c2n(c1=O)CC(C)(C(=N)OC(C)=N)O3. The first-order valence-corrected chi connectivity index (χ1v) is 10.3. The Bertz CT molecular complexity index is 1420. The molecule has 3 aromatic rings. The fourth-order valence-electron chi connectivity index (χ4n) is 3.88. The minimum atomic E-state index is -1.51. The third-order valence-electron chi connectivity index (χ3n) is 5.56. The lowest BCUT2D eigenvalue weighted by Crippen LogP contribution is -2.51. The average molecular weight is 484 g/mol. The van der Waals surface area contributed by atoms with Crippen LogP contribution in [0.4, 0.5) is 4.39 Å². The molecule has 1 amide bonds. The number of hydrogen-bond acceptors (Lipinski definition) is 8. The molecule has 3 heterocycles. The van der Waals surface area contributed by atoms with Gasteiger partial charge in [-0.1, -0.05) is 19.6 Å². The highest BCUT2D eigenvalue weighted by molar-refractivity contribution is 6.03. The van der Waals surface area contributed by atoms with Gasteiger partial charge in [0.2, 0.25) is 5.90 Å². The number of rotatable bonds is 4. The van der Waals surface area contributed by atoms with Crippen molar-refractivity contribution in [3.05, 3.63) is 63.3 Å². The molecule has 0 aliphatic carbocycles. The Morgan fingerprint density at radius 2 is 2.00 bits per heavy atom. The van der Waals surface area contributed by atoms with Gasteiger partial charge >= 0.3 is 0 Å². The normalized spacial score (nSPS) is 16.1. The summed E-state index contributed by atoms with van der Waals surface area (Å²) in [5, 5.41) is 29.0. The van der Waals surface area contributed by atoms with E-state index >= 15 is 0 Å². The molecule has 4 rings (SSSR count). The predicted octanol–water partition coefficient (Wildman–Crippen LogP) is 2.97. The number of carbonyl (C=O) groups is 1. The molecular weight excluding hydrogens is 457 g/mol. The molecule has 0 bridgehead atoms. The van der Waals surface area contributed by atoms with E-state index in [1.807, 2.05) is 0 Å². The third kappa shape index (κ3) is 4.32. The molecule has 1 aliphatic rings. The van der Waals surface area contributed by atoms with Gasteiger partial charge in [0, 0.05) is 32.2 Å². The number of hydrogen-bond donors (Lipinski definition) is 4. The molecule has 11 heteroatoms. The molecule has 1 aromatic carbocycles. The topological polar surface area (TPSA) is 150 Å². The molecule has 0 radical (unpaired) electrons. The van der Waals surface area contributed by atoms with E-state index in [-0.39, 0.29) is 43.1 Å². The number of amides is 1. The van der Waals surface area contributed by atoms with Crippen molar-refractivity contribution in [1.82, 2.24) is 14.9 Å². The molecule has 4 N–H and O–H groups in total. The zero-order valence-electron chi connectivity index (χ0n) is 18.7. The molecule has 35 heavy (non-hydrogen) atoms. The summed E-state index contributed by atoms with van der Waals surface area (Å²) < 4.78 is 25.9. The Morgan fingerprint density at radius 3 is 2.60 bits per heavy atom. The van der Waals surface area contributed by atoms with Crippen LogP contribution in [0.15, 0.2) is 35.3 Å². The predicted molar refractivity (Wildman–Crippen MR) is 128 cm³/mol. The standard InChI is InChI=1S/C23H22FN5O5.CH4/c1-11(25)33-22(26)23(2)10-29-17-16(18(30)15(21(29)32)20(31)27-3)28-9-13(19(17)34-23)8-12-4-6-14(24)7-5-12;/h4-7,9,25-26,30H,8,10H2,1-3H3,(H,27,31);1H4. The lowest BCUT2D eigenvalue weighted by atomic mass is 9.99. The van der Waals surface area contributed by atoms with Crippen molar-refractivity contribution in [2.75, 3.05) is 7.05 Å². The fourth-order valence-corrected chi connectivity index (χ4v) is 3.88. The summed E-state index contributed by atoms with van der Waals surface area (Å²) in [5.74, 6) is -2.25. The van der Waals surface area contributed by atoms with Gasteiger partial charge in [0.25, 0.3) is 11.5 Å². The van der Waals surface area contributed by atoms with Gasteiger partial charge in [0.1, 0.15) is 22.4 Å². The summed E-state index contributed by atoms with van der Waals surface area (Å²) in [6.07, 6.45) is 1.68. The first-order chi connectivity index (χ1) is 16.1. The molecule has 0 fully saturated rings. The van der Waals surface area contributed by atoms with Crippen molar-refractivity contribution in [3.8, 4) is 11.5 Å². The first kappa shape index (κ1) is 25.3. The lowest BCUT2D eigenvalue weighted by Gasteiger charge is -2.36. The Balaban J connectivity index is 0.00000342. The molecule has 1 atom stereocenters. The second-order valence-electron chi connectivity index (χ2n) is 8.13. The summed E-state index contributed by atoms with van der Waals surface area (Å²) in [7, 11) is 1.33. The average Bonchev–Trinajstić information content (AvgIpc) is 2.79. The second kappa shape index (κ2) is 9.16. The molecule has 0 saturated heterocycles. The van der Waals surface area contributed by atoms with E-state index in [0.29, 0.717) is 5.56 Å². The summed E-state index contributed by atoms with van der Waals surface area (Å²) in [4.78, 5) is 30.0. The molecule has 1 aliphatic heterocycles. The Hall–Kier alpha value is -4.28. The van der Waals surface area contributed by atoms with Crippen LogP contribution in [-0.2, 0) is 17.7 Å². The highest BCUT2D eigenvalue weighted by atomic mass is 19.1. The number of ether oxygens (including phenoxy) is 2. The van der Waals surface area contributed by atoms with Crippen LogP contribution in [0.2, 0.25) is 0 Å². The van der Waals surface area contributed by atoms with Crippen LogP contribution in [0.1, 0.15) is 42.8 Å². The van der Waals surface area contributed by atoms with Crippen LogP contribution in [-0.4, -0.2) is 45.0 Å². The number of pyridine rings is 2. The van der Waals surface area contributed by atoms with Crippen molar-refractivity contribution in [2.24, 2.45) is 0 Å². The maximum absolute atomic E-state index is 13.4. The Kier molecular flexibility index (Phi) is 6.64. The highest BCUT2D eigenvalue weighted by Crippen LogP contribution is 2.40. The van der Waals surface area contributed by atoms with Gasteiger partial charge < -0.3 is 19.9 Å². The zero-order chi connectivity index (χ0) is 24.8. The number of aromatic hydroxyl groups is 1. The maximum atomic E-state index is 13.4. The number of halogens is 1. The Labute approximate surface area is 200 Å². The van der Waals surface area contributed by atoms with Crippen LogP contribution >= 0.6 is 0 Å². The molecule has 1 unspecified atom stereocenters. The van der Waals surface area contributed by atoms with E-state index in [4.69, 9.17) is 20.3 Å². The number of nitrogens with zero attached hydrogens (tertiary/aromatic N) is 2. The van der Waals surface area contributed by atoms with Crippen molar-refractivity contribution >= 4 is 28.7 Å². The highest BCUT2D eigenvalue weighted by Gasteiger charge is 2.42. The van der Waals surface area contributed by atoms with Crippen LogP contribution in [0.5, 0.6) is 11.5 Å². The monoisotopic (exact) mass is 483 g/mol. The van der Waals surface area contributed by atoms with Crippen molar-refractivity contribution in [2.45, 2.75) is 39.8 Å². The van der Waals surface area contributed by atoms with Crippen LogP contribution in [0.3, 0.4) is 0 Å². The molecule has 10 nitrogen and oxygen atoms in total. The van der Waals surface area contributed by atoms with Gasteiger partial charge in [-0.2, -0.15) is 0 Å². The van der Waals surface area contributed by atoms with E-state index < -0.39 is 40.1 Å². The van der Waals surface area contributed by atoms with Crippen LogP contribution in [0.25, 0.3) is 11.0 Å². The van der Waals surface area contributed by atoms with Gasteiger partial charge in [0.05, 0.1) is 6.54 Å². The number of nitrogens with one attached hydrogen (secondary N) is 3. The minimum Gasteiger partial charge on any atom is -0.505 e. The quantitative estimate of drug-likeness (QED) is 0.331. The smallest absolute Gasteiger partial charge is 0.268 e. The zero-order valence-corrected chi connectivity index (χ0v) is 18.7. The molecule has 184 valence electrons. The summed E-state index contributed by atoms with van der Waals surface area (Å²) in [6.45, 7) is 2.65. The van der Waals surface area contributed by atoms with Gasteiger partial charge in [-0.3, -0.25) is 30.0 Å². The summed E-state index contributed by atoms with van der Waals surface area (Å²) in [5.41, 5.74) is -1.41. The van der Waals surface area contributed by atoms with Crippen molar-refractivity contribution in [3.63, 3.8) is 0 Å². The minimum absolute atomic E-state index is 0. The van der Waals surface area contributed by atoms with Gasteiger partial charge in [-0.25, -0.2) is 4.39 Å². The van der Waals surface area contributed by atoms with Crippen LogP contribution < -0.4 is 15.6 Å². The van der Waals surface area contributed by atoms with E-state index in [0.717, 1.165) is 5.56 Å². The van der Waals surface area contributed by atoms with Crippen molar-refractivity contribution in [1.29, 1.82) is 10.8 Å². The van der Waals surface area contributed by atoms with E-state index in [1.165, 1.54) is 43.8 Å². The number of aromatic nitrogens is 2. The largest absolute Gasteiger partial charge is 0.505 e. The second-order valence-corrected chi connectivity index (χ2v) is 8.13. The van der Waals surface area contributed by atoms with Gasteiger partial charge in [-0.15, -0.1) is 0 Å². The number of carbonyl (C=O) groups excluding carboxylic acids is 1. The molecule has 0 saturated carbocycles. The third-order valence-corrected chi connectivity index (χ3v) is 5.56. The molecular formula is C24H26FN5O5. The fraction of sp³-hybridized carbons (Fsp3) is 0.292. The van der Waals surface area contributed by atoms with Crippen LogP contribution in [0, 0.1) is 16.6 Å². The van der Waals surface area contributed by atoms with Crippen molar-refractivity contribution < 1.29 is 23.8 Å². The van der Waals surface area contributed by atoms with E-state index in [2.05, 4.69) is 10.3 Å². The van der Waals surface area contributed by atoms with E-state index in [9.17, 15) is 19.1 Å². The first-order valence-electron chi connectivity index (χ1n) is 10.3. The Morgan fingerprint density at radius 1 is 1.34 bits per heavy atom. The van der Waals surface area contributed by atoms with Gasteiger partial charge in [0.15, 0.2) is 23.0 Å². The number of benzene rings is 1. The molecule has 2 aromatic heterocycles. The maximum Gasteiger partial charge on any atom is 0.268 e. The van der Waals surface area contributed by atoms with E-state index in [1.54, 1.807) is 12.1 Å².